The van der Waals surface area contributed by atoms with E-state index in [-0.39, 0.29) is 17.0 Å². The van der Waals surface area contributed by atoms with E-state index in [2.05, 4.69) is 36.2 Å². The van der Waals surface area contributed by atoms with Crippen molar-refractivity contribution in [2.45, 2.75) is 13.0 Å². The summed E-state index contributed by atoms with van der Waals surface area (Å²) in [6.07, 6.45) is 3.07. The Morgan fingerprint density at radius 1 is 1.06 bits per heavy atom. The van der Waals surface area contributed by atoms with Gasteiger partial charge in [0.05, 0.1) is 51.8 Å². The molecule has 3 aromatic rings. The highest BCUT2D eigenvalue weighted by atomic mass is 35.5. The largest absolute Gasteiger partial charge is 0.369 e. The van der Waals surface area contributed by atoms with Crippen LogP contribution in [0.15, 0.2) is 36.7 Å². The summed E-state index contributed by atoms with van der Waals surface area (Å²) in [4.78, 5) is 24.7. The third kappa shape index (κ3) is 6.01. The number of halogens is 3. The number of carbonyl (C=O) groups excluding carboxylic acids is 1. The molecule has 0 radical (unpaired) electrons. The Kier molecular flexibility index (Phi) is 7.46. The summed E-state index contributed by atoms with van der Waals surface area (Å²) in [5.74, 6) is 0.344. The summed E-state index contributed by atoms with van der Waals surface area (Å²) in [6.45, 7) is 3.62. The molecule has 1 aliphatic rings. The van der Waals surface area contributed by atoms with Gasteiger partial charge >= 0.3 is 0 Å². The van der Waals surface area contributed by atoms with Gasteiger partial charge in [-0.3, -0.25) is 9.78 Å². The number of ether oxygens (including phenoxy) is 1. The quantitative estimate of drug-likeness (QED) is 0.370. The molecule has 1 atom stereocenters. The second kappa shape index (κ2) is 10.5. The van der Waals surface area contributed by atoms with E-state index in [9.17, 15) is 4.79 Å². The average molecular weight is 509 g/mol. The fourth-order valence-electron chi connectivity index (χ4n) is 3.14. The molecule has 33 heavy (non-hydrogen) atoms. The van der Waals surface area contributed by atoms with Gasteiger partial charge in [-0.05, 0) is 24.3 Å². The number of carbonyl (C=O) groups is 1. The molecule has 1 aliphatic heterocycles. The Hall–Kier alpha value is -2.69. The van der Waals surface area contributed by atoms with E-state index in [1.54, 1.807) is 18.3 Å². The molecule has 0 spiro atoms. The Morgan fingerprint density at radius 2 is 1.85 bits per heavy atom. The van der Waals surface area contributed by atoms with E-state index in [0.717, 1.165) is 18.8 Å². The van der Waals surface area contributed by atoms with Crippen LogP contribution in [-0.4, -0.2) is 40.6 Å². The number of aromatic nitrogens is 3. The third-order valence-corrected chi connectivity index (χ3v) is 5.67. The maximum Gasteiger partial charge on any atom is 0.229 e. The predicted octanol–water partition coefficient (Wildman–Crippen LogP) is 4.94. The number of pyridine rings is 1. The number of benzene rings is 1. The van der Waals surface area contributed by atoms with E-state index in [1.807, 2.05) is 12.1 Å². The van der Waals surface area contributed by atoms with Gasteiger partial charge in [0.2, 0.25) is 11.9 Å². The number of morpholine rings is 1. The minimum atomic E-state index is -0.266. The van der Waals surface area contributed by atoms with E-state index in [4.69, 9.17) is 39.5 Å². The van der Waals surface area contributed by atoms with Crippen LogP contribution >= 0.6 is 34.8 Å². The first kappa shape index (κ1) is 23.5. The normalized spacial score (nSPS) is 15.7. The maximum atomic E-state index is 11.6. The molecule has 2 aromatic heterocycles. The highest BCUT2D eigenvalue weighted by Crippen LogP contribution is 2.35. The average Bonchev–Trinajstić information content (AvgIpc) is 2.80. The molecule has 0 bridgehead atoms. The molecule has 4 rings (SSSR count). The van der Waals surface area contributed by atoms with Crippen LogP contribution in [0.1, 0.15) is 18.7 Å². The van der Waals surface area contributed by atoms with Crippen LogP contribution in [0.25, 0.3) is 0 Å². The minimum absolute atomic E-state index is 0.0700. The number of hydrogen-bond acceptors (Lipinski definition) is 8. The van der Waals surface area contributed by atoms with Crippen molar-refractivity contribution in [3.05, 3.63) is 57.4 Å². The fourth-order valence-corrected chi connectivity index (χ4v) is 3.61. The lowest BCUT2D eigenvalue weighted by Crippen LogP contribution is -2.33. The number of nitrogens with zero attached hydrogens (tertiary/aromatic N) is 3. The summed E-state index contributed by atoms with van der Waals surface area (Å²) in [5, 5.41) is 13.0. The first-order valence-corrected chi connectivity index (χ1v) is 11.1. The smallest absolute Gasteiger partial charge is 0.229 e. The van der Waals surface area contributed by atoms with Crippen molar-refractivity contribution in [1.82, 2.24) is 20.3 Å². The van der Waals surface area contributed by atoms with Crippen molar-refractivity contribution in [3.63, 3.8) is 0 Å². The molecule has 0 saturated carbocycles. The highest BCUT2D eigenvalue weighted by Gasteiger charge is 2.17. The van der Waals surface area contributed by atoms with Crippen LogP contribution in [0, 0.1) is 0 Å². The number of anilines is 5. The van der Waals surface area contributed by atoms with Gasteiger partial charge in [-0.1, -0.05) is 34.8 Å². The molecule has 0 aliphatic carbocycles. The van der Waals surface area contributed by atoms with Gasteiger partial charge < -0.3 is 26.0 Å². The van der Waals surface area contributed by atoms with Crippen molar-refractivity contribution in [3.8, 4) is 0 Å². The van der Waals surface area contributed by atoms with Crippen molar-refractivity contribution in [2.24, 2.45) is 0 Å². The monoisotopic (exact) mass is 507 g/mol. The van der Waals surface area contributed by atoms with E-state index in [0.29, 0.717) is 45.5 Å². The summed E-state index contributed by atoms with van der Waals surface area (Å²) in [6, 6.07) is 6.88. The summed E-state index contributed by atoms with van der Waals surface area (Å²) >= 11 is 18.5. The van der Waals surface area contributed by atoms with Gasteiger partial charge in [0.15, 0.2) is 5.82 Å². The van der Waals surface area contributed by atoms with Gasteiger partial charge in [0.25, 0.3) is 0 Å². The molecule has 4 N–H and O–H groups in total. The van der Waals surface area contributed by atoms with Crippen molar-refractivity contribution < 1.29 is 9.53 Å². The molecule has 172 valence electrons. The lowest BCUT2D eigenvalue weighted by Gasteiger charge is -2.23. The Bertz CT molecular complexity index is 1160. The Balaban J connectivity index is 1.53. The van der Waals surface area contributed by atoms with Crippen LogP contribution in [0.5, 0.6) is 0 Å². The minimum Gasteiger partial charge on any atom is -0.369 e. The number of hydrogen-bond donors (Lipinski definition) is 4. The molecule has 3 heterocycles. The van der Waals surface area contributed by atoms with Gasteiger partial charge in [-0.2, -0.15) is 4.98 Å². The van der Waals surface area contributed by atoms with Crippen LogP contribution in [0.4, 0.5) is 28.8 Å². The predicted molar refractivity (Wildman–Crippen MR) is 130 cm³/mol. The summed E-state index contributed by atoms with van der Waals surface area (Å²) in [5.41, 5.74) is 2.44. The van der Waals surface area contributed by atoms with Gasteiger partial charge in [0, 0.05) is 20.0 Å². The molecular weight excluding hydrogens is 489 g/mol. The zero-order chi connectivity index (χ0) is 23.4. The lowest BCUT2D eigenvalue weighted by molar-refractivity contribution is -0.114. The SMILES string of the molecule is CC(=O)Nc1cc(Cl)c(Cl)cc1Nc1nc(Nc2ccc(C3CNCCO3)nc2)ncc1Cl. The van der Waals surface area contributed by atoms with Crippen LogP contribution in [-0.2, 0) is 9.53 Å². The maximum absolute atomic E-state index is 11.6. The number of rotatable bonds is 6. The topological polar surface area (TPSA) is 113 Å². The van der Waals surface area contributed by atoms with E-state index < -0.39 is 0 Å². The zero-order valence-corrected chi connectivity index (χ0v) is 19.7. The van der Waals surface area contributed by atoms with Crippen LogP contribution in [0.3, 0.4) is 0 Å². The molecule has 12 heteroatoms. The Labute approximate surface area is 205 Å². The standard InChI is InChI=1S/C21H20Cl3N7O2/c1-11(32)28-17-6-13(22)14(23)7-18(17)30-20-15(24)9-27-21(31-20)29-12-2-3-16(26-8-12)19-10-25-4-5-33-19/h2-3,6-9,19,25H,4-5,10H2,1H3,(H,28,32)(H2,27,29,30,31). The molecular formula is C21H20Cl3N7O2. The van der Waals surface area contributed by atoms with Gasteiger partial charge in [0.1, 0.15) is 11.1 Å². The molecule has 1 aromatic carbocycles. The number of nitrogens with one attached hydrogen (secondary N) is 4. The number of amides is 1. The lowest BCUT2D eigenvalue weighted by atomic mass is 10.2. The summed E-state index contributed by atoms with van der Waals surface area (Å²) in [7, 11) is 0. The summed E-state index contributed by atoms with van der Waals surface area (Å²) < 4.78 is 5.72. The molecule has 9 nitrogen and oxygen atoms in total. The Morgan fingerprint density at radius 3 is 2.52 bits per heavy atom. The molecule has 1 saturated heterocycles. The molecule has 1 fully saturated rings. The van der Waals surface area contributed by atoms with Gasteiger partial charge in [-0.15, -0.1) is 0 Å². The first-order chi connectivity index (χ1) is 15.9. The van der Waals surface area contributed by atoms with Crippen molar-refractivity contribution in [1.29, 1.82) is 0 Å². The molecule has 1 amide bonds. The van der Waals surface area contributed by atoms with E-state index in [1.165, 1.54) is 13.1 Å². The molecule has 1 unspecified atom stereocenters. The second-order valence-electron chi connectivity index (χ2n) is 7.17. The van der Waals surface area contributed by atoms with Crippen molar-refractivity contribution in [2.75, 3.05) is 35.6 Å². The fraction of sp³-hybridized carbons (Fsp3) is 0.238. The van der Waals surface area contributed by atoms with Gasteiger partial charge in [-0.25, -0.2) is 4.98 Å². The highest BCUT2D eigenvalue weighted by molar-refractivity contribution is 6.42. The van der Waals surface area contributed by atoms with Crippen LogP contribution < -0.4 is 21.3 Å². The third-order valence-electron chi connectivity index (χ3n) is 4.67. The van der Waals surface area contributed by atoms with Crippen LogP contribution in [0.2, 0.25) is 15.1 Å². The first-order valence-electron chi connectivity index (χ1n) is 10.0. The van der Waals surface area contributed by atoms with E-state index >= 15 is 0 Å². The zero-order valence-electron chi connectivity index (χ0n) is 17.5. The second-order valence-corrected chi connectivity index (χ2v) is 8.39. The van der Waals surface area contributed by atoms with Crippen molar-refractivity contribution >= 4 is 69.5 Å².